The van der Waals surface area contributed by atoms with Crippen LogP contribution in [0.3, 0.4) is 0 Å². The summed E-state index contributed by atoms with van der Waals surface area (Å²) in [4.78, 5) is 12.1. The Morgan fingerprint density at radius 3 is 2.79 bits per heavy atom. The van der Waals surface area contributed by atoms with Crippen LogP contribution in [0.5, 0.6) is 5.75 Å². The maximum absolute atomic E-state index is 12.1. The van der Waals surface area contributed by atoms with Crippen molar-refractivity contribution in [2.45, 2.75) is 11.6 Å². The van der Waals surface area contributed by atoms with Crippen LogP contribution in [0, 0.1) is 11.3 Å². The van der Waals surface area contributed by atoms with E-state index in [-0.39, 0.29) is 12.3 Å². The number of carbonyl (C=O) groups is 1. The van der Waals surface area contributed by atoms with Crippen LogP contribution >= 0.6 is 23.4 Å². The standard InChI is InChI=1S/C18H15ClN6O2S/c1-27-15-6-4-14(5-7-15)25-18(22-23-24-25)28-9-8-17(26)21-13-3-2-12(11-20)16(19)10-13/h2-7,10H,8-9H2,1H3,(H,21,26). The second-order valence-corrected chi connectivity index (χ2v) is 6.99. The minimum Gasteiger partial charge on any atom is -0.497 e. The van der Waals surface area contributed by atoms with Gasteiger partial charge in [-0.1, -0.05) is 23.4 Å². The zero-order chi connectivity index (χ0) is 19.9. The molecular weight excluding hydrogens is 400 g/mol. The van der Waals surface area contributed by atoms with E-state index in [4.69, 9.17) is 21.6 Å². The van der Waals surface area contributed by atoms with Crippen LogP contribution in [0.15, 0.2) is 47.6 Å². The van der Waals surface area contributed by atoms with Gasteiger partial charge >= 0.3 is 0 Å². The molecule has 1 aromatic heterocycles. The number of methoxy groups -OCH3 is 1. The average molecular weight is 415 g/mol. The quantitative estimate of drug-likeness (QED) is 0.591. The van der Waals surface area contributed by atoms with Crippen LogP contribution < -0.4 is 10.1 Å². The number of tetrazole rings is 1. The Kier molecular flexibility index (Phi) is 6.47. The van der Waals surface area contributed by atoms with Crippen LogP contribution in [-0.4, -0.2) is 39.0 Å². The molecule has 1 amide bonds. The molecular formula is C18H15ClN6O2S. The SMILES string of the molecule is COc1ccc(-n2nnnc2SCCC(=O)Nc2ccc(C#N)c(Cl)c2)cc1. The Balaban J connectivity index is 1.55. The molecule has 0 aliphatic carbocycles. The van der Waals surface area contributed by atoms with Gasteiger partial charge in [0.05, 0.1) is 23.4 Å². The molecule has 0 fully saturated rings. The van der Waals surface area contributed by atoms with Crippen LogP contribution in [0.2, 0.25) is 5.02 Å². The Hall–Kier alpha value is -3.09. The van der Waals surface area contributed by atoms with Gasteiger partial charge in [-0.25, -0.2) is 0 Å². The number of halogens is 1. The van der Waals surface area contributed by atoms with Crippen molar-refractivity contribution in [2.24, 2.45) is 0 Å². The fourth-order valence-electron chi connectivity index (χ4n) is 2.30. The normalized spacial score (nSPS) is 10.3. The molecule has 0 atom stereocenters. The summed E-state index contributed by atoms with van der Waals surface area (Å²) in [6, 6.07) is 14.1. The predicted molar refractivity (Wildman–Crippen MR) is 106 cm³/mol. The van der Waals surface area contributed by atoms with E-state index in [2.05, 4.69) is 20.8 Å². The monoisotopic (exact) mass is 414 g/mol. The Labute approximate surface area is 170 Å². The van der Waals surface area contributed by atoms with Crippen molar-refractivity contribution in [3.05, 3.63) is 53.1 Å². The van der Waals surface area contributed by atoms with Crippen molar-refractivity contribution >= 4 is 35.0 Å². The third-order valence-electron chi connectivity index (χ3n) is 3.69. The van der Waals surface area contributed by atoms with Gasteiger partial charge in [-0.15, -0.1) is 5.10 Å². The molecule has 0 spiro atoms. The maximum atomic E-state index is 12.1. The third kappa shape index (κ3) is 4.79. The summed E-state index contributed by atoms with van der Waals surface area (Å²) in [6.45, 7) is 0. The zero-order valence-electron chi connectivity index (χ0n) is 14.8. The maximum Gasteiger partial charge on any atom is 0.225 e. The molecule has 142 valence electrons. The van der Waals surface area contributed by atoms with E-state index in [9.17, 15) is 4.79 Å². The summed E-state index contributed by atoms with van der Waals surface area (Å²) in [5, 5.41) is 24.2. The van der Waals surface area contributed by atoms with Crippen LogP contribution in [-0.2, 0) is 4.79 Å². The van der Waals surface area contributed by atoms with E-state index in [1.165, 1.54) is 11.8 Å². The molecule has 1 heterocycles. The first-order chi connectivity index (χ1) is 13.6. The Bertz CT molecular complexity index is 1020. The number of ether oxygens (including phenoxy) is 1. The highest BCUT2D eigenvalue weighted by Gasteiger charge is 2.11. The number of carbonyl (C=O) groups excluding carboxylic acids is 1. The van der Waals surface area contributed by atoms with Gasteiger partial charge in [0.1, 0.15) is 11.8 Å². The predicted octanol–water partition coefficient (Wildman–Crippen LogP) is 3.32. The van der Waals surface area contributed by atoms with E-state index in [1.807, 2.05) is 30.3 Å². The first-order valence-electron chi connectivity index (χ1n) is 8.16. The fourth-order valence-corrected chi connectivity index (χ4v) is 3.35. The van der Waals surface area contributed by atoms with Crippen molar-refractivity contribution in [1.82, 2.24) is 20.2 Å². The van der Waals surface area contributed by atoms with Crippen LogP contribution in [0.25, 0.3) is 5.69 Å². The number of rotatable bonds is 7. The van der Waals surface area contributed by atoms with Gasteiger partial charge in [0, 0.05) is 17.9 Å². The number of hydrogen-bond donors (Lipinski definition) is 1. The molecule has 8 nitrogen and oxygen atoms in total. The second kappa shape index (κ2) is 9.21. The lowest BCUT2D eigenvalue weighted by Gasteiger charge is -2.07. The summed E-state index contributed by atoms with van der Waals surface area (Å²) < 4.78 is 6.74. The van der Waals surface area contributed by atoms with E-state index in [1.54, 1.807) is 30.0 Å². The lowest BCUT2D eigenvalue weighted by atomic mass is 10.2. The molecule has 0 aliphatic rings. The highest BCUT2D eigenvalue weighted by atomic mass is 35.5. The van der Waals surface area contributed by atoms with Gasteiger partial charge in [0.25, 0.3) is 0 Å². The van der Waals surface area contributed by atoms with Crippen molar-refractivity contribution in [3.8, 4) is 17.5 Å². The number of nitrogens with zero attached hydrogens (tertiary/aromatic N) is 5. The molecule has 0 unspecified atom stereocenters. The summed E-state index contributed by atoms with van der Waals surface area (Å²) in [5.41, 5.74) is 1.70. The zero-order valence-corrected chi connectivity index (χ0v) is 16.4. The third-order valence-corrected chi connectivity index (χ3v) is 4.93. The highest BCUT2D eigenvalue weighted by molar-refractivity contribution is 7.99. The van der Waals surface area contributed by atoms with Gasteiger partial charge in [0.2, 0.25) is 11.1 Å². The smallest absolute Gasteiger partial charge is 0.225 e. The van der Waals surface area contributed by atoms with Gasteiger partial charge in [-0.3, -0.25) is 4.79 Å². The van der Waals surface area contributed by atoms with Gasteiger partial charge in [-0.05, 0) is 52.9 Å². The number of anilines is 1. The van der Waals surface area contributed by atoms with Crippen LogP contribution in [0.1, 0.15) is 12.0 Å². The van der Waals surface area contributed by atoms with E-state index < -0.39 is 0 Å². The molecule has 10 heteroatoms. The van der Waals surface area contributed by atoms with E-state index in [0.29, 0.717) is 27.2 Å². The van der Waals surface area contributed by atoms with Gasteiger partial charge < -0.3 is 10.1 Å². The molecule has 0 bridgehead atoms. The molecule has 0 saturated carbocycles. The molecule has 1 N–H and O–H groups in total. The Morgan fingerprint density at radius 2 is 2.11 bits per heavy atom. The van der Waals surface area contributed by atoms with Crippen molar-refractivity contribution in [2.75, 3.05) is 18.2 Å². The lowest BCUT2D eigenvalue weighted by Crippen LogP contribution is -2.12. The number of thioether (sulfide) groups is 1. The number of benzene rings is 2. The fraction of sp³-hybridized carbons (Fsp3) is 0.167. The molecule has 2 aromatic carbocycles. The molecule has 0 aliphatic heterocycles. The van der Waals surface area contributed by atoms with Gasteiger partial charge in [-0.2, -0.15) is 9.94 Å². The second-order valence-electron chi connectivity index (χ2n) is 5.52. The lowest BCUT2D eigenvalue weighted by molar-refractivity contribution is -0.115. The summed E-state index contributed by atoms with van der Waals surface area (Å²) in [5.74, 6) is 1.06. The van der Waals surface area contributed by atoms with Crippen LogP contribution in [0.4, 0.5) is 5.69 Å². The van der Waals surface area contributed by atoms with E-state index in [0.717, 1.165) is 11.4 Å². The summed E-state index contributed by atoms with van der Waals surface area (Å²) in [6.07, 6.45) is 0.262. The topological polar surface area (TPSA) is 106 Å². The largest absolute Gasteiger partial charge is 0.497 e. The molecule has 3 rings (SSSR count). The number of aromatic nitrogens is 4. The van der Waals surface area contributed by atoms with Crippen molar-refractivity contribution in [3.63, 3.8) is 0 Å². The minimum atomic E-state index is -0.170. The Morgan fingerprint density at radius 1 is 1.32 bits per heavy atom. The van der Waals surface area contributed by atoms with Crippen molar-refractivity contribution < 1.29 is 9.53 Å². The summed E-state index contributed by atoms with van der Waals surface area (Å²) >= 11 is 7.34. The highest BCUT2D eigenvalue weighted by Crippen LogP contribution is 2.22. The van der Waals surface area contributed by atoms with Gasteiger partial charge in [0.15, 0.2) is 0 Å². The van der Waals surface area contributed by atoms with E-state index >= 15 is 0 Å². The number of hydrogen-bond acceptors (Lipinski definition) is 7. The summed E-state index contributed by atoms with van der Waals surface area (Å²) in [7, 11) is 1.60. The number of nitriles is 1. The average Bonchev–Trinajstić information content (AvgIpc) is 3.16. The first kappa shape index (κ1) is 19.7. The number of amides is 1. The van der Waals surface area contributed by atoms with Crippen molar-refractivity contribution in [1.29, 1.82) is 5.26 Å². The first-order valence-corrected chi connectivity index (χ1v) is 9.52. The molecule has 0 saturated heterocycles. The molecule has 3 aromatic rings. The number of nitrogens with one attached hydrogen (secondary N) is 1. The molecule has 28 heavy (non-hydrogen) atoms. The minimum absolute atomic E-state index is 0.170. The molecule has 0 radical (unpaired) electrons.